The first-order chi connectivity index (χ1) is 8.00. The number of nitrogens with two attached hydrogens (primary N) is 1. The molecule has 17 heavy (non-hydrogen) atoms. The molecule has 0 unspecified atom stereocenters. The highest BCUT2D eigenvalue weighted by Gasteiger charge is 2.14. The second kappa shape index (κ2) is 4.45. The zero-order valence-electron chi connectivity index (χ0n) is 9.10. The fraction of sp³-hybridized carbons (Fsp3) is 0.0769. The van der Waals surface area contributed by atoms with Gasteiger partial charge >= 0.3 is 0 Å². The van der Waals surface area contributed by atoms with Gasteiger partial charge in [-0.05, 0) is 58.2 Å². The summed E-state index contributed by atoms with van der Waals surface area (Å²) >= 11 is 3.04. The highest BCUT2D eigenvalue weighted by molar-refractivity contribution is 9.10. The van der Waals surface area contributed by atoms with E-state index in [0.29, 0.717) is 11.3 Å². The molecular weight excluding hydrogens is 288 g/mol. The SMILES string of the molecule is Cc1cc(-c2c(F)ccc(Br)c2F)ccc1N. The molecule has 0 bridgehead atoms. The maximum absolute atomic E-state index is 13.9. The lowest BCUT2D eigenvalue weighted by molar-refractivity contribution is 0.585. The fourth-order valence-corrected chi connectivity index (χ4v) is 1.95. The summed E-state index contributed by atoms with van der Waals surface area (Å²) in [6.45, 7) is 1.80. The molecule has 0 radical (unpaired) electrons. The molecule has 0 amide bonds. The number of nitrogen functional groups attached to an aromatic ring is 1. The summed E-state index contributed by atoms with van der Waals surface area (Å²) in [5, 5.41) is 0. The zero-order chi connectivity index (χ0) is 12.6. The van der Waals surface area contributed by atoms with Crippen LogP contribution in [0.25, 0.3) is 11.1 Å². The van der Waals surface area contributed by atoms with E-state index < -0.39 is 11.6 Å². The van der Waals surface area contributed by atoms with Gasteiger partial charge in [0.25, 0.3) is 0 Å². The van der Waals surface area contributed by atoms with Crippen molar-refractivity contribution in [3.05, 3.63) is 52.0 Å². The Balaban J connectivity index is 2.68. The van der Waals surface area contributed by atoms with Gasteiger partial charge in [0.1, 0.15) is 11.6 Å². The van der Waals surface area contributed by atoms with Gasteiger partial charge in [-0.1, -0.05) is 6.07 Å². The van der Waals surface area contributed by atoms with Crippen LogP contribution in [0.3, 0.4) is 0 Å². The molecule has 0 heterocycles. The van der Waals surface area contributed by atoms with Crippen LogP contribution >= 0.6 is 15.9 Å². The van der Waals surface area contributed by atoms with E-state index in [1.807, 2.05) is 0 Å². The van der Waals surface area contributed by atoms with E-state index in [2.05, 4.69) is 15.9 Å². The first kappa shape index (κ1) is 12.0. The highest BCUT2D eigenvalue weighted by Crippen LogP contribution is 2.31. The van der Waals surface area contributed by atoms with Crippen LogP contribution in [0, 0.1) is 18.6 Å². The average molecular weight is 298 g/mol. The monoisotopic (exact) mass is 297 g/mol. The van der Waals surface area contributed by atoms with Crippen molar-refractivity contribution in [2.24, 2.45) is 0 Å². The molecule has 2 aromatic rings. The van der Waals surface area contributed by atoms with Crippen LogP contribution in [0.15, 0.2) is 34.8 Å². The minimum atomic E-state index is -0.603. The van der Waals surface area contributed by atoms with Gasteiger partial charge in [0.15, 0.2) is 0 Å². The molecule has 0 spiro atoms. The Hall–Kier alpha value is -1.42. The van der Waals surface area contributed by atoms with Gasteiger partial charge in [-0.2, -0.15) is 0 Å². The van der Waals surface area contributed by atoms with Gasteiger partial charge in [0.2, 0.25) is 0 Å². The third kappa shape index (κ3) is 2.17. The minimum Gasteiger partial charge on any atom is -0.399 e. The zero-order valence-corrected chi connectivity index (χ0v) is 10.7. The molecule has 2 N–H and O–H groups in total. The molecule has 4 heteroatoms. The van der Waals surface area contributed by atoms with Gasteiger partial charge in [-0.3, -0.25) is 0 Å². The average Bonchev–Trinajstić information content (AvgIpc) is 2.29. The van der Waals surface area contributed by atoms with E-state index in [4.69, 9.17) is 5.73 Å². The lowest BCUT2D eigenvalue weighted by Gasteiger charge is -2.08. The summed E-state index contributed by atoms with van der Waals surface area (Å²) in [5.41, 5.74) is 7.51. The van der Waals surface area contributed by atoms with E-state index in [0.717, 1.165) is 5.56 Å². The van der Waals surface area contributed by atoms with Crippen molar-refractivity contribution >= 4 is 21.6 Å². The third-order valence-corrected chi connectivity index (χ3v) is 3.21. The summed E-state index contributed by atoms with van der Waals surface area (Å²) in [6, 6.07) is 7.50. The predicted molar refractivity (Wildman–Crippen MR) is 68.6 cm³/mol. The van der Waals surface area contributed by atoms with Crippen LogP contribution in [0.1, 0.15) is 5.56 Å². The molecule has 0 aliphatic carbocycles. The Morgan fingerprint density at radius 2 is 1.82 bits per heavy atom. The number of hydrogen-bond acceptors (Lipinski definition) is 1. The van der Waals surface area contributed by atoms with Crippen molar-refractivity contribution < 1.29 is 8.78 Å². The van der Waals surface area contributed by atoms with E-state index in [1.165, 1.54) is 12.1 Å². The number of aryl methyl sites for hydroxylation is 1. The van der Waals surface area contributed by atoms with Crippen LogP contribution in [0.5, 0.6) is 0 Å². The van der Waals surface area contributed by atoms with Crippen molar-refractivity contribution in [2.75, 3.05) is 5.73 Å². The van der Waals surface area contributed by atoms with Crippen molar-refractivity contribution in [3.8, 4) is 11.1 Å². The topological polar surface area (TPSA) is 26.0 Å². The molecule has 88 valence electrons. The Morgan fingerprint density at radius 3 is 2.47 bits per heavy atom. The molecule has 0 saturated carbocycles. The number of benzene rings is 2. The van der Waals surface area contributed by atoms with Gasteiger partial charge in [0.05, 0.1) is 10.0 Å². The Bertz CT molecular complexity index is 582. The van der Waals surface area contributed by atoms with Crippen LogP contribution in [0.2, 0.25) is 0 Å². The Kier molecular flexibility index (Phi) is 3.15. The second-order valence-corrected chi connectivity index (χ2v) is 4.64. The largest absolute Gasteiger partial charge is 0.399 e. The fourth-order valence-electron chi connectivity index (χ4n) is 1.62. The van der Waals surface area contributed by atoms with E-state index in [-0.39, 0.29) is 10.0 Å². The first-order valence-electron chi connectivity index (χ1n) is 5.00. The van der Waals surface area contributed by atoms with Crippen molar-refractivity contribution in [3.63, 3.8) is 0 Å². The van der Waals surface area contributed by atoms with Crippen molar-refractivity contribution in [1.82, 2.24) is 0 Å². The molecule has 0 aromatic heterocycles. The Labute approximate surface area is 106 Å². The van der Waals surface area contributed by atoms with Crippen LogP contribution < -0.4 is 5.73 Å². The van der Waals surface area contributed by atoms with Gasteiger partial charge < -0.3 is 5.73 Å². The number of rotatable bonds is 1. The molecule has 1 nitrogen and oxygen atoms in total. The standard InChI is InChI=1S/C13H10BrF2N/c1-7-6-8(2-5-11(7)17)12-10(15)4-3-9(14)13(12)16/h2-6H,17H2,1H3. The highest BCUT2D eigenvalue weighted by atomic mass is 79.9. The van der Waals surface area contributed by atoms with Crippen LogP contribution in [0.4, 0.5) is 14.5 Å². The van der Waals surface area contributed by atoms with Crippen molar-refractivity contribution in [1.29, 1.82) is 0 Å². The molecule has 0 fully saturated rings. The minimum absolute atomic E-state index is 0.0394. The number of anilines is 1. The van der Waals surface area contributed by atoms with Crippen LogP contribution in [-0.4, -0.2) is 0 Å². The second-order valence-electron chi connectivity index (χ2n) is 3.79. The molecular formula is C13H10BrF2N. The summed E-state index contributed by atoms with van der Waals surface area (Å²) in [5.74, 6) is -1.19. The lowest BCUT2D eigenvalue weighted by Crippen LogP contribution is -1.94. The molecule has 2 aromatic carbocycles. The van der Waals surface area contributed by atoms with E-state index >= 15 is 0 Å². The number of hydrogen-bond donors (Lipinski definition) is 1. The smallest absolute Gasteiger partial charge is 0.148 e. The first-order valence-corrected chi connectivity index (χ1v) is 5.80. The maximum Gasteiger partial charge on any atom is 0.148 e. The summed E-state index contributed by atoms with van der Waals surface area (Å²) < 4.78 is 27.8. The summed E-state index contributed by atoms with van der Waals surface area (Å²) in [7, 11) is 0. The molecule has 0 aliphatic heterocycles. The predicted octanol–water partition coefficient (Wildman–Crippen LogP) is 4.28. The maximum atomic E-state index is 13.9. The Morgan fingerprint density at radius 1 is 1.12 bits per heavy atom. The lowest BCUT2D eigenvalue weighted by atomic mass is 10.0. The van der Waals surface area contributed by atoms with E-state index in [9.17, 15) is 8.78 Å². The quantitative estimate of drug-likeness (QED) is 0.617. The van der Waals surface area contributed by atoms with Gasteiger partial charge in [0, 0.05) is 5.69 Å². The summed E-state index contributed by atoms with van der Waals surface area (Å²) in [4.78, 5) is 0. The molecule has 0 aliphatic rings. The molecule has 0 saturated heterocycles. The van der Waals surface area contributed by atoms with Crippen LogP contribution in [-0.2, 0) is 0 Å². The van der Waals surface area contributed by atoms with Gasteiger partial charge in [-0.15, -0.1) is 0 Å². The normalized spacial score (nSPS) is 10.6. The van der Waals surface area contributed by atoms with Crippen molar-refractivity contribution in [2.45, 2.75) is 6.92 Å². The molecule has 0 atom stereocenters. The number of halogens is 3. The third-order valence-electron chi connectivity index (χ3n) is 2.60. The summed E-state index contributed by atoms with van der Waals surface area (Å²) in [6.07, 6.45) is 0. The van der Waals surface area contributed by atoms with E-state index in [1.54, 1.807) is 25.1 Å². The molecule has 2 rings (SSSR count). The van der Waals surface area contributed by atoms with Gasteiger partial charge in [-0.25, -0.2) is 8.78 Å².